The Labute approximate surface area is 134 Å². The van der Waals surface area contributed by atoms with E-state index in [1.54, 1.807) is 0 Å². The molecule has 5 nitrogen and oxygen atoms in total. The van der Waals surface area contributed by atoms with Crippen LogP contribution < -0.4 is 5.32 Å². The van der Waals surface area contributed by atoms with Crippen LogP contribution in [0, 0.1) is 11.8 Å². The summed E-state index contributed by atoms with van der Waals surface area (Å²) in [6.45, 7) is 4.95. The SMILES string of the molecule is CC(C)CC(CCO)CNC(=O)c1ncoc1-c1cccs1. The molecule has 22 heavy (non-hydrogen) atoms. The van der Waals surface area contributed by atoms with Gasteiger partial charge in [-0.2, -0.15) is 0 Å². The molecular weight excluding hydrogens is 300 g/mol. The number of thiophene rings is 1. The molecule has 0 aromatic carbocycles. The zero-order valence-electron chi connectivity index (χ0n) is 12.9. The van der Waals surface area contributed by atoms with Gasteiger partial charge in [0.15, 0.2) is 17.8 Å². The van der Waals surface area contributed by atoms with Gasteiger partial charge in [0.05, 0.1) is 4.88 Å². The van der Waals surface area contributed by atoms with Crippen molar-refractivity contribution >= 4 is 17.2 Å². The number of amides is 1. The van der Waals surface area contributed by atoms with Crippen molar-refractivity contribution in [2.24, 2.45) is 11.8 Å². The summed E-state index contributed by atoms with van der Waals surface area (Å²) in [6.07, 6.45) is 2.95. The Kier molecular flexibility index (Phi) is 6.15. The van der Waals surface area contributed by atoms with Gasteiger partial charge in [-0.15, -0.1) is 11.3 Å². The summed E-state index contributed by atoms with van der Waals surface area (Å²) in [4.78, 5) is 17.2. The van der Waals surface area contributed by atoms with Crippen LogP contribution in [0.5, 0.6) is 0 Å². The summed E-state index contributed by atoms with van der Waals surface area (Å²) < 4.78 is 5.35. The molecule has 0 radical (unpaired) electrons. The van der Waals surface area contributed by atoms with E-state index >= 15 is 0 Å². The van der Waals surface area contributed by atoms with Crippen LogP contribution in [-0.2, 0) is 0 Å². The number of aliphatic hydroxyl groups excluding tert-OH is 1. The van der Waals surface area contributed by atoms with Crippen LogP contribution in [0.2, 0.25) is 0 Å². The molecule has 2 aromatic heterocycles. The lowest BCUT2D eigenvalue weighted by Crippen LogP contribution is -2.31. The van der Waals surface area contributed by atoms with Gasteiger partial charge in [-0.25, -0.2) is 4.98 Å². The second-order valence-corrected chi connectivity index (χ2v) is 6.67. The highest BCUT2D eigenvalue weighted by Crippen LogP contribution is 2.27. The molecule has 120 valence electrons. The van der Waals surface area contributed by atoms with Gasteiger partial charge in [0.1, 0.15) is 0 Å². The van der Waals surface area contributed by atoms with Gasteiger partial charge in [-0.1, -0.05) is 19.9 Å². The van der Waals surface area contributed by atoms with Gasteiger partial charge in [0, 0.05) is 13.2 Å². The standard InChI is InChI=1S/C16H22N2O3S/c1-11(2)8-12(5-6-19)9-17-16(20)14-15(21-10-18-14)13-4-3-7-22-13/h3-4,7,10-12,19H,5-6,8-9H2,1-2H3,(H,17,20). The maximum atomic E-state index is 12.3. The maximum Gasteiger partial charge on any atom is 0.273 e. The second-order valence-electron chi connectivity index (χ2n) is 5.73. The molecule has 0 spiro atoms. The number of aliphatic hydroxyl groups is 1. The molecule has 1 unspecified atom stereocenters. The third-order valence-electron chi connectivity index (χ3n) is 3.42. The van der Waals surface area contributed by atoms with Crippen LogP contribution in [0.4, 0.5) is 0 Å². The van der Waals surface area contributed by atoms with Crippen molar-refractivity contribution in [2.75, 3.05) is 13.2 Å². The minimum atomic E-state index is -0.233. The van der Waals surface area contributed by atoms with Gasteiger partial charge < -0.3 is 14.8 Å². The number of hydrogen-bond donors (Lipinski definition) is 2. The lowest BCUT2D eigenvalue weighted by molar-refractivity contribution is 0.0937. The first-order chi connectivity index (χ1) is 10.6. The van der Waals surface area contributed by atoms with Crippen molar-refractivity contribution < 1.29 is 14.3 Å². The molecule has 0 saturated carbocycles. The summed E-state index contributed by atoms with van der Waals surface area (Å²) in [5.41, 5.74) is 0.315. The lowest BCUT2D eigenvalue weighted by atomic mass is 9.94. The monoisotopic (exact) mass is 322 g/mol. The highest BCUT2D eigenvalue weighted by molar-refractivity contribution is 7.13. The molecule has 2 N–H and O–H groups in total. The van der Waals surface area contributed by atoms with Crippen LogP contribution in [0.1, 0.15) is 37.2 Å². The Balaban J connectivity index is 1.99. The number of aromatic nitrogens is 1. The Morgan fingerprint density at radius 2 is 2.32 bits per heavy atom. The topological polar surface area (TPSA) is 75.4 Å². The smallest absolute Gasteiger partial charge is 0.273 e. The van der Waals surface area contributed by atoms with Crippen LogP contribution in [-0.4, -0.2) is 29.1 Å². The molecule has 0 aliphatic rings. The van der Waals surface area contributed by atoms with Gasteiger partial charge in [-0.05, 0) is 36.1 Å². The Hall–Kier alpha value is -1.66. The zero-order chi connectivity index (χ0) is 15.9. The van der Waals surface area contributed by atoms with Crippen LogP contribution >= 0.6 is 11.3 Å². The van der Waals surface area contributed by atoms with E-state index in [9.17, 15) is 4.79 Å². The fourth-order valence-corrected chi connectivity index (χ4v) is 3.18. The number of oxazole rings is 1. The van der Waals surface area contributed by atoms with Gasteiger partial charge in [0.2, 0.25) is 0 Å². The van der Waals surface area contributed by atoms with Crippen molar-refractivity contribution in [1.82, 2.24) is 10.3 Å². The lowest BCUT2D eigenvalue weighted by Gasteiger charge is -2.18. The summed E-state index contributed by atoms with van der Waals surface area (Å²) in [5.74, 6) is 1.08. The fraction of sp³-hybridized carbons (Fsp3) is 0.500. The van der Waals surface area contributed by atoms with Crippen molar-refractivity contribution in [1.29, 1.82) is 0 Å². The molecule has 6 heteroatoms. The number of carbonyl (C=O) groups excluding carboxylic acids is 1. The molecule has 0 bridgehead atoms. The van der Waals surface area contributed by atoms with E-state index in [4.69, 9.17) is 9.52 Å². The molecule has 1 atom stereocenters. The molecular formula is C16H22N2O3S. The van der Waals surface area contributed by atoms with Crippen molar-refractivity contribution in [2.45, 2.75) is 26.7 Å². The number of rotatable bonds is 8. The van der Waals surface area contributed by atoms with E-state index in [2.05, 4.69) is 24.1 Å². The minimum Gasteiger partial charge on any atom is -0.442 e. The third-order valence-corrected chi connectivity index (χ3v) is 4.29. The molecule has 0 saturated heterocycles. The van der Waals surface area contributed by atoms with E-state index in [1.165, 1.54) is 17.7 Å². The normalized spacial score (nSPS) is 12.5. The number of nitrogens with one attached hydrogen (secondary N) is 1. The average molecular weight is 322 g/mol. The molecule has 2 aromatic rings. The second kappa shape index (κ2) is 8.10. The molecule has 0 fully saturated rings. The average Bonchev–Trinajstić information content (AvgIpc) is 3.13. The minimum absolute atomic E-state index is 0.137. The Morgan fingerprint density at radius 1 is 1.50 bits per heavy atom. The van der Waals surface area contributed by atoms with Crippen LogP contribution in [0.25, 0.3) is 10.6 Å². The third kappa shape index (κ3) is 4.42. The largest absolute Gasteiger partial charge is 0.442 e. The predicted molar refractivity (Wildman–Crippen MR) is 86.8 cm³/mol. The van der Waals surface area contributed by atoms with Gasteiger partial charge >= 0.3 is 0 Å². The first kappa shape index (κ1) is 16.7. The Bertz CT molecular complexity index is 578. The number of nitrogens with zero attached hydrogens (tertiary/aromatic N) is 1. The first-order valence-electron chi connectivity index (χ1n) is 7.48. The quantitative estimate of drug-likeness (QED) is 0.782. The van der Waals surface area contributed by atoms with E-state index in [0.29, 0.717) is 30.3 Å². The molecule has 1 amide bonds. The summed E-state index contributed by atoms with van der Waals surface area (Å²) >= 11 is 1.51. The van der Waals surface area contributed by atoms with Crippen molar-refractivity contribution in [3.8, 4) is 10.6 Å². The molecule has 2 heterocycles. The van der Waals surface area contributed by atoms with E-state index < -0.39 is 0 Å². The maximum absolute atomic E-state index is 12.3. The van der Waals surface area contributed by atoms with Gasteiger partial charge in [0.25, 0.3) is 5.91 Å². The number of carbonyl (C=O) groups is 1. The summed E-state index contributed by atoms with van der Waals surface area (Å²) in [7, 11) is 0. The Morgan fingerprint density at radius 3 is 2.95 bits per heavy atom. The van der Waals surface area contributed by atoms with Crippen LogP contribution in [0.15, 0.2) is 28.3 Å². The van der Waals surface area contributed by atoms with Crippen molar-refractivity contribution in [3.05, 3.63) is 29.6 Å². The van der Waals surface area contributed by atoms with Crippen LogP contribution in [0.3, 0.4) is 0 Å². The van der Waals surface area contributed by atoms with Gasteiger partial charge in [-0.3, -0.25) is 4.79 Å². The van der Waals surface area contributed by atoms with E-state index in [0.717, 1.165) is 11.3 Å². The summed E-state index contributed by atoms with van der Waals surface area (Å²) in [6, 6.07) is 3.80. The highest BCUT2D eigenvalue weighted by Gasteiger charge is 2.20. The summed E-state index contributed by atoms with van der Waals surface area (Å²) in [5, 5.41) is 14.0. The van der Waals surface area contributed by atoms with Crippen molar-refractivity contribution in [3.63, 3.8) is 0 Å². The number of hydrogen-bond acceptors (Lipinski definition) is 5. The predicted octanol–water partition coefficient (Wildman–Crippen LogP) is 3.18. The molecule has 0 aliphatic carbocycles. The van der Waals surface area contributed by atoms with E-state index in [-0.39, 0.29) is 18.4 Å². The highest BCUT2D eigenvalue weighted by atomic mass is 32.1. The first-order valence-corrected chi connectivity index (χ1v) is 8.36. The van der Waals surface area contributed by atoms with E-state index in [1.807, 2.05) is 17.5 Å². The molecule has 2 rings (SSSR count). The molecule has 0 aliphatic heterocycles. The fourth-order valence-electron chi connectivity index (χ4n) is 2.46. The zero-order valence-corrected chi connectivity index (χ0v) is 13.7.